The van der Waals surface area contributed by atoms with Crippen molar-refractivity contribution in [3.8, 4) is 0 Å². The number of carbonyl (C=O) groups is 1. The maximum atomic E-state index is 13.3. The number of benzene rings is 2. The van der Waals surface area contributed by atoms with Crippen molar-refractivity contribution in [3.63, 3.8) is 0 Å². The van der Waals surface area contributed by atoms with Crippen molar-refractivity contribution in [2.24, 2.45) is 0 Å². The molecule has 1 heterocycles. The number of nitrogens with zero attached hydrogens (tertiary/aromatic N) is 3. The number of sulfonamides is 1. The first-order chi connectivity index (χ1) is 14.8. The van der Waals surface area contributed by atoms with Crippen LogP contribution in [0.25, 0.3) is 0 Å². The molecule has 0 saturated carbocycles. The Morgan fingerprint density at radius 3 is 2.39 bits per heavy atom. The number of aromatic nitrogens is 2. The third kappa shape index (κ3) is 6.05. The molecule has 3 aromatic rings. The van der Waals surface area contributed by atoms with Crippen LogP contribution in [0.4, 0.5) is 10.8 Å². The highest BCUT2D eigenvalue weighted by Gasteiger charge is 2.27. The van der Waals surface area contributed by atoms with Gasteiger partial charge in [-0.2, -0.15) is 0 Å². The summed E-state index contributed by atoms with van der Waals surface area (Å²) in [6.45, 7) is 5.73. The molecule has 0 unspecified atom stereocenters. The molecule has 31 heavy (non-hydrogen) atoms. The van der Waals surface area contributed by atoms with Gasteiger partial charge in [-0.25, -0.2) is 8.42 Å². The van der Waals surface area contributed by atoms with Gasteiger partial charge < -0.3 is 0 Å². The maximum absolute atomic E-state index is 13.3. The number of aryl methyl sites for hydroxylation is 1. The van der Waals surface area contributed by atoms with Crippen molar-refractivity contribution >= 4 is 49.8 Å². The summed E-state index contributed by atoms with van der Waals surface area (Å²) in [6.07, 6.45) is 0.833. The lowest BCUT2D eigenvalue weighted by atomic mass is 10.1. The summed E-state index contributed by atoms with van der Waals surface area (Å²) in [4.78, 5) is 12.9. The largest absolute Gasteiger partial charge is 0.299 e. The smallest absolute Gasteiger partial charge is 0.264 e. The third-order valence-corrected chi connectivity index (χ3v) is 7.96. The first-order valence-electron chi connectivity index (χ1n) is 9.76. The van der Waals surface area contributed by atoms with Gasteiger partial charge in [0.15, 0.2) is 4.34 Å². The van der Waals surface area contributed by atoms with Gasteiger partial charge in [0.1, 0.15) is 6.54 Å². The van der Waals surface area contributed by atoms with E-state index >= 15 is 0 Å². The molecule has 1 N–H and O–H groups in total. The lowest BCUT2D eigenvalue weighted by Crippen LogP contribution is -2.38. The zero-order chi connectivity index (χ0) is 22.4. The lowest BCUT2D eigenvalue weighted by molar-refractivity contribution is -0.114. The van der Waals surface area contributed by atoms with Crippen LogP contribution in [0.5, 0.6) is 0 Å². The summed E-state index contributed by atoms with van der Waals surface area (Å²) >= 11 is 2.81. The van der Waals surface area contributed by atoms with E-state index in [1.165, 1.54) is 23.5 Å². The number of anilines is 2. The molecule has 10 heteroatoms. The summed E-state index contributed by atoms with van der Waals surface area (Å²) < 4.78 is 28.5. The van der Waals surface area contributed by atoms with Gasteiger partial charge in [0.2, 0.25) is 11.0 Å². The Morgan fingerprint density at radius 1 is 1.10 bits per heavy atom. The van der Waals surface area contributed by atoms with Crippen molar-refractivity contribution in [3.05, 3.63) is 60.2 Å². The molecule has 2 aromatic carbocycles. The number of rotatable bonds is 9. The molecule has 0 spiro atoms. The predicted octanol–water partition coefficient (Wildman–Crippen LogP) is 4.44. The number of hydrogen-bond donors (Lipinski definition) is 1. The minimum Gasteiger partial charge on any atom is -0.299 e. The van der Waals surface area contributed by atoms with Gasteiger partial charge in [0, 0.05) is 5.25 Å². The van der Waals surface area contributed by atoms with Crippen molar-refractivity contribution in [1.29, 1.82) is 0 Å². The van der Waals surface area contributed by atoms with E-state index in [-0.39, 0.29) is 11.4 Å². The normalized spacial score (nSPS) is 11.5. The Hall–Kier alpha value is -2.43. The zero-order valence-electron chi connectivity index (χ0n) is 17.5. The molecule has 0 radical (unpaired) electrons. The zero-order valence-corrected chi connectivity index (χ0v) is 19.9. The van der Waals surface area contributed by atoms with E-state index in [0.29, 0.717) is 16.1 Å². The Morgan fingerprint density at radius 2 is 1.77 bits per heavy atom. The first kappa shape index (κ1) is 23.2. The number of hydrogen-bond acceptors (Lipinski definition) is 7. The highest BCUT2D eigenvalue weighted by atomic mass is 32.2. The van der Waals surface area contributed by atoms with Crippen LogP contribution in [0.1, 0.15) is 26.3 Å². The molecule has 3 rings (SSSR count). The molecule has 0 fully saturated rings. The van der Waals surface area contributed by atoms with E-state index in [1.807, 2.05) is 32.9 Å². The monoisotopic (exact) mass is 476 g/mol. The van der Waals surface area contributed by atoms with E-state index in [0.717, 1.165) is 20.6 Å². The van der Waals surface area contributed by atoms with Gasteiger partial charge in [-0.3, -0.25) is 14.4 Å². The van der Waals surface area contributed by atoms with Crippen LogP contribution in [0.3, 0.4) is 0 Å². The second-order valence-electron chi connectivity index (χ2n) is 6.93. The van der Waals surface area contributed by atoms with Gasteiger partial charge in [-0.1, -0.05) is 74.2 Å². The standard InChI is InChI=1S/C21H24N4O3S3/c1-4-16-10-12-17(13-11-16)25(31(27,28)18-8-6-5-7-9-18)14-19(26)22-20-23-24-21(30-20)29-15(2)3/h5-13,15H,4,14H2,1-3H3,(H,22,23,26). The van der Waals surface area contributed by atoms with Gasteiger partial charge in [-0.15, -0.1) is 10.2 Å². The second-order valence-corrected chi connectivity index (χ2v) is 11.6. The SMILES string of the molecule is CCc1ccc(N(CC(=O)Nc2nnc(SC(C)C)s2)S(=O)(=O)c2ccccc2)cc1. The Labute approximate surface area is 191 Å². The predicted molar refractivity (Wildman–Crippen MR) is 126 cm³/mol. The van der Waals surface area contributed by atoms with Crippen LogP contribution in [0, 0.1) is 0 Å². The summed E-state index contributed by atoms with van der Waals surface area (Å²) in [5, 5.41) is 11.4. The van der Waals surface area contributed by atoms with E-state index < -0.39 is 15.9 Å². The van der Waals surface area contributed by atoms with Crippen LogP contribution < -0.4 is 9.62 Å². The lowest BCUT2D eigenvalue weighted by Gasteiger charge is -2.24. The number of carbonyl (C=O) groups excluding carboxylic acids is 1. The van der Waals surface area contributed by atoms with Gasteiger partial charge in [0.05, 0.1) is 10.6 Å². The quantitative estimate of drug-likeness (QED) is 0.363. The molecular weight excluding hydrogens is 452 g/mol. The van der Waals surface area contributed by atoms with E-state index in [1.54, 1.807) is 42.1 Å². The molecular formula is C21H24N4O3S3. The summed E-state index contributed by atoms with van der Waals surface area (Å²) in [6, 6.07) is 15.2. The van der Waals surface area contributed by atoms with Gasteiger partial charge >= 0.3 is 0 Å². The minimum absolute atomic E-state index is 0.119. The minimum atomic E-state index is -3.94. The van der Waals surface area contributed by atoms with Crippen molar-refractivity contribution in [1.82, 2.24) is 10.2 Å². The highest BCUT2D eigenvalue weighted by molar-refractivity contribution is 8.01. The average molecular weight is 477 g/mol. The van der Waals surface area contributed by atoms with Crippen LogP contribution in [-0.4, -0.2) is 36.3 Å². The number of amides is 1. The molecule has 1 amide bonds. The van der Waals surface area contributed by atoms with Crippen LogP contribution in [0.15, 0.2) is 63.8 Å². The molecule has 0 atom stereocenters. The molecule has 0 aliphatic carbocycles. The maximum Gasteiger partial charge on any atom is 0.264 e. The Bertz CT molecular complexity index is 1110. The average Bonchev–Trinajstić information content (AvgIpc) is 3.18. The van der Waals surface area contributed by atoms with E-state index in [4.69, 9.17) is 0 Å². The summed E-state index contributed by atoms with van der Waals surface area (Å²) in [5.74, 6) is -0.490. The van der Waals surface area contributed by atoms with Crippen LogP contribution in [0.2, 0.25) is 0 Å². The topological polar surface area (TPSA) is 92.3 Å². The number of thioether (sulfide) groups is 1. The summed E-state index contributed by atoms with van der Waals surface area (Å²) in [7, 11) is -3.94. The van der Waals surface area contributed by atoms with Crippen LogP contribution in [-0.2, 0) is 21.2 Å². The summed E-state index contributed by atoms with van der Waals surface area (Å²) in [5.41, 5.74) is 1.50. The van der Waals surface area contributed by atoms with Crippen molar-refractivity contribution < 1.29 is 13.2 Å². The van der Waals surface area contributed by atoms with E-state index in [2.05, 4.69) is 15.5 Å². The van der Waals surface area contributed by atoms with Crippen molar-refractivity contribution in [2.45, 2.75) is 41.7 Å². The molecule has 0 bridgehead atoms. The van der Waals surface area contributed by atoms with Crippen LogP contribution >= 0.6 is 23.1 Å². The van der Waals surface area contributed by atoms with Crippen molar-refractivity contribution in [2.75, 3.05) is 16.2 Å². The fourth-order valence-corrected chi connectivity index (χ4v) is 6.16. The molecule has 0 saturated heterocycles. The van der Waals surface area contributed by atoms with Gasteiger partial charge in [0.25, 0.3) is 10.0 Å². The highest BCUT2D eigenvalue weighted by Crippen LogP contribution is 2.29. The Kier molecular flexibility index (Phi) is 7.69. The third-order valence-electron chi connectivity index (χ3n) is 4.24. The molecule has 7 nitrogen and oxygen atoms in total. The fourth-order valence-electron chi connectivity index (χ4n) is 2.73. The number of nitrogens with one attached hydrogen (secondary N) is 1. The fraction of sp³-hybridized carbons (Fsp3) is 0.286. The Balaban J connectivity index is 1.85. The molecule has 164 valence electrons. The van der Waals surface area contributed by atoms with Gasteiger partial charge in [-0.05, 0) is 36.2 Å². The second kappa shape index (κ2) is 10.3. The molecule has 0 aliphatic rings. The molecule has 1 aromatic heterocycles. The first-order valence-corrected chi connectivity index (χ1v) is 12.9. The van der Waals surface area contributed by atoms with E-state index in [9.17, 15) is 13.2 Å². The molecule has 0 aliphatic heterocycles.